The highest BCUT2D eigenvalue weighted by Crippen LogP contribution is 2.15. The maximum atomic E-state index is 12.3. The molecule has 2 aromatic rings. The van der Waals surface area contributed by atoms with Crippen LogP contribution in [0.3, 0.4) is 0 Å². The Kier molecular flexibility index (Phi) is 7.86. The maximum Gasteiger partial charge on any atom is 0.327 e. The number of sulfonamides is 1. The number of esters is 1. The molecule has 0 aliphatic heterocycles. The van der Waals surface area contributed by atoms with E-state index in [1.54, 1.807) is 18.2 Å². The summed E-state index contributed by atoms with van der Waals surface area (Å²) in [5, 5.41) is 20.6. The molecule has 9 nitrogen and oxygen atoms in total. The third-order valence-electron chi connectivity index (χ3n) is 3.51. The lowest BCUT2D eigenvalue weighted by Gasteiger charge is -2.15. The molecule has 0 spiro atoms. The molecule has 152 valence electrons. The van der Waals surface area contributed by atoms with Gasteiger partial charge < -0.3 is 15.2 Å². The largest absolute Gasteiger partial charge is 0.454 e. The number of ether oxygens (including phenoxy) is 1. The molecule has 2 rings (SSSR count). The highest BCUT2D eigenvalue weighted by atomic mass is 79.9. The van der Waals surface area contributed by atoms with Gasteiger partial charge in [-0.1, -0.05) is 22.0 Å². The fourth-order valence-electron chi connectivity index (χ4n) is 2.13. The standard InChI is InChI=1S/C18H16BrN3O6S/c19-13-4-6-15(7-5-13)29(26,27)22-16(10-23)18(25)28-11-17(24)21-14-3-1-2-12(8-14)9-20/h1-8,16,22-23H,10-11H2,(H,21,24). The summed E-state index contributed by atoms with van der Waals surface area (Å²) in [6.45, 7) is -1.56. The van der Waals surface area contributed by atoms with Crippen LogP contribution in [0.5, 0.6) is 0 Å². The Labute approximate surface area is 175 Å². The van der Waals surface area contributed by atoms with E-state index in [2.05, 4.69) is 21.2 Å². The summed E-state index contributed by atoms with van der Waals surface area (Å²) in [6.07, 6.45) is 0. The third-order valence-corrected chi connectivity index (χ3v) is 5.53. The average molecular weight is 482 g/mol. The van der Waals surface area contributed by atoms with Crippen molar-refractivity contribution < 1.29 is 27.9 Å². The molecule has 0 saturated carbocycles. The number of carbonyl (C=O) groups is 2. The van der Waals surface area contributed by atoms with Crippen LogP contribution in [0.25, 0.3) is 0 Å². The molecular formula is C18H16BrN3O6S. The van der Waals surface area contributed by atoms with E-state index in [1.807, 2.05) is 10.8 Å². The first-order chi connectivity index (χ1) is 13.7. The summed E-state index contributed by atoms with van der Waals surface area (Å²) in [5.74, 6) is -1.81. The summed E-state index contributed by atoms with van der Waals surface area (Å²) in [4.78, 5) is 23.8. The molecule has 11 heteroatoms. The van der Waals surface area contributed by atoms with E-state index in [4.69, 9.17) is 10.00 Å². The molecule has 0 fully saturated rings. The molecule has 29 heavy (non-hydrogen) atoms. The van der Waals surface area contributed by atoms with Crippen LogP contribution in [0.4, 0.5) is 5.69 Å². The van der Waals surface area contributed by atoms with Gasteiger partial charge in [0.1, 0.15) is 6.04 Å². The van der Waals surface area contributed by atoms with Crippen molar-refractivity contribution in [2.45, 2.75) is 10.9 Å². The lowest BCUT2D eigenvalue weighted by atomic mass is 10.2. The molecule has 1 atom stereocenters. The monoisotopic (exact) mass is 481 g/mol. The van der Waals surface area contributed by atoms with Crippen LogP contribution < -0.4 is 10.0 Å². The van der Waals surface area contributed by atoms with Crippen molar-refractivity contribution in [2.75, 3.05) is 18.5 Å². The number of anilines is 1. The number of nitriles is 1. The van der Waals surface area contributed by atoms with Gasteiger partial charge in [-0.25, -0.2) is 8.42 Å². The van der Waals surface area contributed by atoms with E-state index in [0.717, 1.165) is 0 Å². The fourth-order valence-corrected chi connectivity index (χ4v) is 3.57. The minimum absolute atomic E-state index is 0.109. The number of nitrogens with zero attached hydrogens (tertiary/aromatic N) is 1. The van der Waals surface area contributed by atoms with Gasteiger partial charge >= 0.3 is 5.97 Å². The first kappa shape index (κ1) is 22.5. The van der Waals surface area contributed by atoms with Crippen molar-refractivity contribution in [3.05, 3.63) is 58.6 Å². The number of hydrogen-bond donors (Lipinski definition) is 3. The first-order valence-corrected chi connectivity index (χ1v) is 10.4. The Balaban J connectivity index is 1.94. The molecule has 3 N–H and O–H groups in total. The number of halogens is 1. The summed E-state index contributed by atoms with van der Waals surface area (Å²) in [6, 6.07) is 12.1. The van der Waals surface area contributed by atoms with Crippen molar-refractivity contribution >= 4 is 43.5 Å². The van der Waals surface area contributed by atoms with Gasteiger partial charge in [0.15, 0.2) is 6.61 Å². The van der Waals surface area contributed by atoms with Crippen LogP contribution in [0.15, 0.2) is 57.9 Å². The number of nitrogens with one attached hydrogen (secondary N) is 2. The summed E-state index contributed by atoms with van der Waals surface area (Å²) < 4.78 is 32.1. The van der Waals surface area contributed by atoms with Crippen LogP contribution >= 0.6 is 15.9 Å². The van der Waals surface area contributed by atoms with Crippen molar-refractivity contribution in [1.82, 2.24) is 4.72 Å². The molecule has 0 aliphatic rings. The zero-order chi connectivity index (χ0) is 21.4. The second kappa shape index (κ2) is 10.1. The minimum atomic E-state index is -4.09. The number of carbonyl (C=O) groups excluding carboxylic acids is 2. The normalized spacial score (nSPS) is 11.9. The van der Waals surface area contributed by atoms with Crippen LogP contribution in [0.2, 0.25) is 0 Å². The van der Waals surface area contributed by atoms with Gasteiger partial charge in [0.2, 0.25) is 10.0 Å². The molecule has 0 aromatic heterocycles. The van der Waals surface area contributed by atoms with Gasteiger partial charge in [0.05, 0.1) is 23.1 Å². The smallest absolute Gasteiger partial charge is 0.327 e. The number of aliphatic hydroxyl groups excluding tert-OH is 1. The molecule has 0 heterocycles. The fraction of sp³-hybridized carbons (Fsp3) is 0.167. The molecule has 0 saturated heterocycles. The Hall–Kier alpha value is -2.78. The number of rotatable bonds is 8. The van der Waals surface area contributed by atoms with Gasteiger partial charge in [-0.15, -0.1) is 0 Å². The third kappa shape index (κ3) is 6.65. The van der Waals surface area contributed by atoms with Crippen molar-refractivity contribution in [1.29, 1.82) is 5.26 Å². The van der Waals surface area contributed by atoms with Gasteiger partial charge in [0, 0.05) is 10.2 Å². The number of benzene rings is 2. The number of aliphatic hydroxyl groups is 1. The van der Waals surface area contributed by atoms with Crippen LogP contribution in [-0.2, 0) is 24.3 Å². The van der Waals surface area contributed by atoms with Gasteiger partial charge in [0.25, 0.3) is 5.91 Å². The van der Waals surface area contributed by atoms with E-state index in [-0.39, 0.29) is 4.90 Å². The topological polar surface area (TPSA) is 146 Å². The summed E-state index contributed by atoms with van der Waals surface area (Å²) in [7, 11) is -4.09. The Morgan fingerprint density at radius 3 is 2.52 bits per heavy atom. The molecule has 0 aliphatic carbocycles. The molecule has 0 radical (unpaired) electrons. The van der Waals surface area contributed by atoms with E-state index in [1.165, 1.54) is 30.3 Å². The Bertz CT molecular complexity index is 1030. The quantitative estimate of drug-likeness (QED) is 0.479. The van der Waals surface area contributed by atoms with Crippen molar-refractivity contribution in [3.63, 3.8) is 0 Å². The average Bonchev–Trinajstić information content (AvgIpc) is 2.70. The zero-order valence-electron chi connectivity index (χ0n) is 14.8. The Morgan fingerprint density at radius 1 is 1.21 bits per heavy atom. The summed E-state index contributed by atoms with van der Waals surface area (Å²) >= 11 is 3.18. The van der Waals surface area contributed by atoms with Gasteiger partial charge in [-0.3, -0.25) is 9.59 Å². The van der Waals surface area contributed by atoms with Gasteiger partial charge in [-0.2, -0.15) is 9.98 Å². The highest BCUT2D eigenvalue weighted by Gasteiger charge is 2.27. The van der Waals surface area contributed by atoms with E-state index < -0.39 is 41.2 Å². The SMILES string of the molecule is N#Cc1cccc(NC(=O)COC(=O)C(CO)NS(=O)(=O)c2ccc(Br)cc2)c1. The van der Waals surface area contributed by atoms with E-state index >= 15 is 0 Å². The van der Waals surface area contributed by atoms with E-state index in [9.17, 15) is 23.1 Å². The lowest BCUT2D eigenvalue weighted by Crippen LogP contribution is -2.44. The molecule has 1 amide bonds. The van der Waals surface area contributed by atoms with Crippen LogP contribution in [0, 0.1) is 11.3 Å². The second-order valence-corrected chi connectivity index (χ2v) is 8.29. The van der Waals surface area contributed by atoms with E-state index in [0.29, 0.717) is 15.7 Å². The molecule has 0 bridgehead atoms. The molecule has 2 aromatic carbocycles. The zero-order valence-corrected chi connectivity index (χ0v) is 17.2. The molecular weight excluding hydrogens is 466 g/mol. The number of amides is 1. The highest BCUT2D eigenvalue weighted by molar-refractivity contribution is 9.10. The Morgan fingerprint density at radius 2 is 1.90 bits per heavy atom. The van der Waals surface area contributed by atoms with Crippen molar-refractivity contribution in [2.24, 2.45) is 0 Å². The summed E-state index contributed by atoms with van der Waals surface area (Å²) in [5.41, 5.74) is 0.669. The molecule has 1 unspecified atom stereocenters. The van der Waals surface area contributed by atoms with Crippen LogP contribution in [-0.4, -0.2) is 44.7 Å². The van der Waals surface area contributed by atoms with Gasteiger partial charge in [-0.05, 0) is 42.5 Å². The number of hydrogen-bond acceptors (Lipinski definition) is 7. The lowest BCUT2D eigenvalue weighted by molar-refractivity contribution is -0.149. The first-order valence-electron chi connectivity index (χ1n) is 8.10. The maximum absolute atomic E-state index is 12.3. The second-order valence-electron chi connectivity index (χ2n) is 5.66. The van der Waals surface area contributed by atoms with Crippen LogP contribution in [0.1, 0.15) is 5.56 Å². The predicted octanol–water partition coefficient (Wildman–Crippen LogP) is 1.14. The minimum Gasteiger partial charge on any atom is -0.454 e. The predicted molar refractivity (Wildman–Crippen MR) is 106 cm³/mol. The van der Waals surface area contributed by atoms with Crippen molar-refractivity contribution in [3.8, 4) is 6.07 Å².